The van der Waals surface area contributed by atoms with Crippen molar-refractivity contribution in [1.82, 2.24) is 4.90 Å². The lowest BCUT2D eigenvalue weighted by atomic mass is 10.1. The molecule has 1 aliphatic carbocycles. The van der Waals surface area contributed by atoms with Crippen molar-refractivity contribution in [3.63, 3.8) is 0 Å². The van der Waals surface area contributed by atoms with Crippen LogP contribution < -0.4 is 5.73 Å². The lowest BCUT2D eigenvalue weighted by Gasteiger charge is -2.30. The normalized spacial score (nSPS) is 33.2. The van der Waals surface area contributed by atoms with Gasteiger partial charge in [0.2, 0.25) is 0 Å². The van der Waals surface area contributed by atoms with Gasteiger partial charge in [-0.15, -0.1) is 0 Å². The van der Waals surface area contributed by atoms with Crippen LogP contribution in [0.3, 0.4) is 0 Å². The Hall–Kier alpha value is -0.770. The molecular weight excluding hydrogens is 204 g/mol. The summed E-state index contributed by atoms with van der Waals surface area (Å²) in [6.45, 7) is 7.22. The molecule has 2 fully saturated rings. The fourth-order valence-electron chi connectivity index (χ4n) is 2.77. The van der Waals surface area contributed by atoms with Gasteiger partial charge in [-0.05, 0) is 52.0 Å². The number of carbonyl (C=O) groups excluding carboxylic acids is 1. The number of likely N-dealkylation sites (tertiary alicyclic amines) is 1. The van der Waals surface area contributed by atoms with Gasteiger partial charge in [0.15, 0.2) is 0 Å². The van der Waals surface area contributed by atoms with Gasteiger partial charge in [-0.3, -0.25) is 0 Å². The predicted octanol–water partition coefficient (Wildman–Crippen LogP) is 1.59. The number of carbonyl (C=O) groups is 1. The average Bonchev–Trinajstić information content (AvgIpc) is 2.87. The number of hydrogen-bond acceptors (Lipinski definition) is 3. The zero-order valence-electron chi connectivity index (χ0n) is 10.4. The van der Waals surface area contributed by atoms with E-state index in [0.29, 0.717) is 24.4 Å². The van der Waals surface area contributed by atoms with Crippen molar-refractivity contribution in [2.75, 3.05) is 13.1 Å². The summed E-state index contributed by atoms with van der Waals surface area (Å²) in [5.74, 6) is 1.14. The molecule has 4 heteroatoms. The van der Waals surface area contributed by atoms with E-state index in [9.17, 15) is 4.79 Å². The number of fused-ring (bicyclic) bond motifs is 1. The highest BCUT2D eigenvalue weighted by atomic mass is 16.6. The van der Waals surface area contributed by atoms with Crippen molar-refractivity contribution in [1.29, 1.82) is 0 Å². The van der Waals surface area contributed by atoms with Crippen LogP contribution in [-0.4, -0.2) is 35.7 Å². The van der Waals surface area contributed by atoms with Gasteiger partial charge in [0.25, 0.3) is 0 Å². The van der Waals surface area contributed by atoms with Crippen LogP contribution in [0.4, 0.5) is 4.79 Å². The van der Waals surface area contributed by atoms with Crippen molar-refractivity contribution in [2.45, 2.75) is 45.3 Å². The fraction of sp³-hybridized carbons (Fsp3) is 0.917. The van der Waals surface area contributed by atoms with Crippen LogP contribution in [-0.2, 0) is 4.74 Å². The molecule has 0 aromatic rings. The first-order valence-corrected chi connectivity index (χ1v) is 6.14. The van der Waals surface area contributed by atoms with Crippen LogP contribution in [0.15, 0.2) is 0 Å². The van der Waals surface area contributed by atoms with Crippen LogP contribution in [0, 0.1) is 11.8 Å². The van der Waals surface area contributed by atoms with Gasteiger partial charge in [0, 0.05) is 12.6 Å². The van der Waals surface area contributed by atoms with Crippen molar-refractivity contribution >= 4 is 6.09 Å². The molecule has 4 nitrogen and oxygen atoms in total. The molecule has 1 amide bonds. The van der Waals surface area contributed by atoms with E-state index in [1.54, 1.807) is 0 Å². The Morgan fingerprint density at radius 2 is 2.19 bits per heavy atom. The molecule has 3 atom stereocenters. The first kappa shape index (κ1) is 11.7. The van der Waals surface area contributed by atoms with E-state index < -0.39 is 5.60 Å². The van der Waals surface area contributed by atoms with Crippen molar-refractivity contribution in [3.05, 3.63) is 0 Å². The lowest BCUT2D eigenvalue weighted by molar-refractivity contribution is 0.0188. The Kier molecular flexibility index (Phi) is 2.86. The Morgan fingerprint density at radius 3 is 2.75 bits per heavy atom. The summed E-state index contributed by atoms with van der Waals surface area (Å²) in [5.41, 5.74) is 5.30. The molecule has 0 aromatic heterocycles. The molecule has 2 aliphatic rings. The summed E-state index contributed by atoms with van der Waals surface area (Å²) in [7, 11) is 0. The number of piperidine rings is 1. The van der Waals surface area contributed by atoms with Crippen LogP contribution in [0.2, 0.25) is 0 Å². The molecular formula is C12H22N2O2. The number of nitrogens with zero attached hydrogens (tertiary/aromatic N) is 1. The van der Waals surface area contributed by atoms with Crippen LogP contribution in [0.25, 0.3) is 0 Å². The second-order valence-corrected chi connectivity index (χ2v) is 5.87. The molecule has 0 radical (unpaired) electrons. The number of nitrogens with two attached hydrogens (primary N) is 1. The van der Waals surface area contributed by atoms with Gasteiger partial charge >= 0.3 is 6.09 Å². The summed E-state index contributed by atoms with van der Waals surface area (Å²) in [6, 6.07) is 0.355. The summed E-state index contributed by atoms with van der Waals surface area (Å²) in [5, 5.41) is 0. The molecule has 1 saturated carbocycles. The maximum atomic E-state index is 12.0. The molecule has 2 rings (SSSR count). The largest absolute Gasteiger partial charge is 0.444 e. The van der Waals surface area contributed by atoms with Crippen molar-refractivity contribution < 1.29 is 9.53 Å². The molecule has 0 bridgehead atoms. The average molecular weight is 226 g/mol. The fourth-order valence-corrected chi connectivity index (χ4v) is 2.77. The number of hydrogen-bond donors (Lipinski definition) is 1. The Bertz CT molecular complexity index is 281. The molecule has 1 heterocycles. The van der Waals surface area contributed by atoms with Crippen LogP contribution in [0.1, 0.15) is 33.6 Å². The van der Waals surface area contributed by atoms with Crippen molar-refractivity contribution in [3.8, 4) is 0 Å². The number of rotatable bonds is 1. The molecule has 1 aliphatic heterocycles. The molecule has 0 spiro atoms. The summed E-state index contributed by atoms with van der Waals surface area (Å²) in [4.78, 5) is 13.9. The van der Waals surface area contributed by atoms with Gasteiger partial charge in [-0.1, -0.05) is 0 Å². The molecule has 3 unspecified atom stereocenters. The minimum atomic E-state index is -0.406. The SMILES string of the molecule is CC(C)(C)OC(=O)N1CCCC2C(CN)C21. The Morgan fingerprint density at radius 1 is 1.50 bits per heavy atom. The summed E-state index contributed by atoms with van der Waals surface area (Å²) >= 11 is 0. The van der Waals surface area contributed by atoms with E-state index in [0.717, 1.165) is 13.0 Å². The summed E-state index contributed by atoms with van der Waals surface area (Å²) in [6.07, 6.45) is 2.13. The molecule has 92 valence electrons. The third-order valence-corrected chi connectivity index (χ3v) is 3.48. The number of amides is 1. The Balaban J connectivity index is 1.97. The third kappa shape index (κ3) is 2.17. The molecule has 0 aromatic carbocycles. The minimum absolute atomic E-state index is 0.168. The van der Waals surface area contributed by atoms with Gasteiger partial charge in [-0.2, -0.15) is 0 Å². The zero-order chi connectivity index (χ0) is 11.9. The predicted molar refractivity (Wildman–Crippen MR) is 62.0 cm³/mol. The van der Waals surface area contributed by atoms with E-state index in [-0.39, 0.29) is 6.09 Å². The van der Waals surface area contributed by atoms with Crippen molar-refractivity contribution in [2.24, 2.45) is 17.6 Å². The highest BCUT2D eigenvalue weighted by Gasteiger charge is 2.55. The molecule has 1 saturated heterocycles. The topological polar surface area (TPSA) is 55.6 Å². The maximum absolute atomic E-state index is 12.0. The zero-order valence-corrected chi connectivity index (χ0v) is 10.4. The molecule has 2 N–H and O–H groups in total. The standard InChI is InChI=1S/C12H22N2O2/c1-12(2,3)16-11(15)14-6-4-5-8-9(7-13)10(8)14/h8-10H,4-7,13H2,1-3H3. The monoisotopic (exact) mass is 226 g/mol. The quantitative estimate of drug-likeness (QED) is 0.738. The third-order valence-electron chi connectivity index (χ3n) is 3.48. The van der Waals surface area contributed by atoms with E-state index >= 15 is 0 Å². The van der Waals surface area contributed by atoms with E-state index in [4.69, 9.17) is 10.5 Å². The van der Waals surface area contributed by atoms with E-state index in [1.807, 2.05) is 25.7 Å². The summed E-state index contributed by atoms with van der Waals surface area (Å²) < 4.78 is 5.41. The van der Waals surface area contributed by atoms with E-state index in [2.05, 4.69) is 0 Å². The second-order valence-electron chi connectivity index (χ2n) is 5.87. The Labute approximate surface area is 97.1 Å². The van der Waals surface area contributed by atoms with Gasteiger partial charge < -0.3 is 15.4 Å². The smallest absolute Gasteiger partial charge is 0.410 e. The second kappa shape index (κ2) is 3.91. The van der Waals surface area contributed by atoms with Gasteiger partial charge in [0.05, 0.1) is 0 Å². The maximum Gasteiger partial charge on any atom is 0.410 e. The van der Waals surface area contributed by atoms with E-state index in [1.165, 1.54) is 6.42 Å². The van der Waals surface area contributed by atoms with Crippen LogP contribution in [0.5, 0.6) is 0 Å². The highest BCUT2D eigenvalue weighted by molar-refractivity contribution is 5.69. The lowest BCUT2D eigenvalue weighted by Crippen LogP contribution is -2.41. The van der Waals surface area contributed by atoms with Crippen LogP contribution >= 0.6 is 0 Å². The first-order valence-electron chi connectivity index (χ1n) is 6.14. The first-order chi connectivity index (χ1) is 7.44. The number of ether oxygens (including phenoxy) is 1. The highest BCUT2D eigenvalue weighted by Crippen LogP contribution is 2.48. The molecule has 16 heavy (non-hydrogen) atoms. The van der Waals surface area contributed by atoms with Gasteiger partial charge in [0.1, 0.15) is 5.60 Å². The van der Waals surface area contributed by atoms with Gasteiger partial charge in [-0.25, -0.2) is 4.79 Å². The minimum Gasteiger partial charge on any atom is -0.444 e.